The standard InChI is InChI=1S/C21H23N3O2S/c1-15(2)13-18(16-9-5-3-6-10-16)22-19(25)14-27-21-24-23-20(26-21)17-11-7-4-8-12-17/h3-12,15,18H,13-14H2,1-2H3,(H,22,25)/t18-/m0/s1. The number of thioether (sulfide) groups is 1. The zero-order valence-electron chi connectivity index (χ0n) is 15.5. The summed E-state index contributed by atoms with van der Waals surface area (Å²) in [7, 11) is 0. The minimum atomic E-state index is -0.0473. The monoisotopic (exact) mass is 381 g/mol. The topological polar surface area (TPSA) is 68.0 Å². The van der Waals surface area contributed by atoms with E-state index in [0.717, 1.165) is 17.5 Å². The van der Waals surface area contributed by atoms with Crippen molar-refractivity contribution in [3.63, 3.8) is 0 Å². The number of rotatable bonds is 8. The summed E-state index contributed by atoms with van der Waals surface area (Å²) in [4.78, 5) is 12.4. The van der Waals surface area contributed by atoms with Gasteiger partial charge in [0.25, 0.3) is 5.22 Å². The van der Waals surface area contributed by atoms with Gasteiger partial charge >= 0.3 is 0 Å². The summed E-state index contributed by atoms with van der Waals surface area (Å²) in [5.74, 6) is 1.12. The number of carbonyl (C=O) groups excluding carboxylic acids is 1. The molecule has 1 atom stereocenters. The van der Waals surface area contributed by atoms with Crippen molar-refractivity contribution in [2.75, 3.05) is 5.75 Å². The largest absolute Gasteiger partial charge is 0.411 e. The molecule has 0 saturated heterocycles. The van der Waals surface area contributed by atoms with Gasteiger partial charge in [0.1, 0.15) is 0 Å². The van der Waals surface area contributed by atoms with Crippen LogP contribution in [0, 0.1) is 5.92 Å². The van der Waals surface area contributed by atoms with Gasteiger partial charge < -0.3 is 9.73 Å². The zero-order valence-corrected chi connectivity index (χ0v) is 16.3. The summed E-state index contributed by atoms with van der Waals surface area (Å²) in [6.07, 6.45) is 0.888. The summed E-state index contributed by atoms with van der Waals surface area (Å²) in [5, 5.41) is 11.6. The van der Waals surface area contributed by atoms with Gasteiger partial charge in [-0.1, -0.05) is 74.1 Å². The Hall–Kier alpha value is -2.60. The Balaban J connectivity index is 1.57. The lowest BCUT2D eigenvalue weighted by Gasteiger charge is -2.21. The van der Waals surface area contributed by atoms with E-state index in [0.29, 0.717) is 17.0 Å². The summed E-state index contributed by atoms with van der Waals surface area (Å²) in [5.41, 5.74) is 1.98. The van der Waals surface area contributed by atoms with Crippen LogP contribution in [0.4, 0.5) is 0 Å². The molecule has 0 saturated carbocycles. The van der Waals surface area contributed by atoms with Gasteiger partial charge in [-0.15, -0.1) is 10.2 Å². The highest BCUT2D eigenvalue weighted by Gasteiger charge is 2.17. The predicted octanol–water partition coefficient (Wildman–Crippen LogP) is 4.73. The van der Waals surface area contributed by atoms with Crippen LogP contribution in [-0.2, 0) is 4.79 Å². The normalized spacial score (nSPS) is 12.1. The van der Waals surface area contributed by atoms with Crippen molar-refractivity contribution in [3.8, 4) is 11.5 Å². The van der Waals surface area contributed by atoms with Crippen LogP contribution >= 0.6 is 11.8 Å². The Morgan fingerprint density at radius 2 is 1.70 bits per heavy atom. The van der Waals surface area contributed by atoms with Crippen molar-refractivity contribution in [1.29, 1.82) is 0 Å². The van der Waals surface area contributed by atoms with Crippen LogP contribution in [0.5, 0.6) is 0 Å². The van der Waals surface area contributed by atoms with Gasteiger partial charge in [-0.05, 0) is 30.0 Å². The van der Waals surface area contributed by atoms with Crippen LogP contribution in [0.15, 0.2) is 70.3 Å². The first kappa shape index (κ1) is 19.2. The molecule has 1 N–H and O–H groups in total. The number of hydrogen-bond acceptors (Lipinski definition) is 5. The molecule has 3 rings (SSSR count). The third-order valence-corrected chi connectivity index (χ3v) is 4.82. The molecular weight excluding hydrogens is 358 g/mol. The van der Waals surface area contributed by atoms with E-state index < -0.39 is 0 Å². The molecular formula is C21H23N3O2S. The molecule has 2 aromatic carbocycles. The van der Waals surface area contributed by atoms with Crippen LogP contribution in [0.25, 0.3) is 11.5 Å². The fourth-order valence-electron chi connectivity index (χ4n) is 2.76. The Morgan fingerprint density at radius 3 is 2.37 bits per heavy atom. The van der Waals surface area contributed by atoms with Crippen molar-refractivity contribution in [1.82, 2.24) is 15.5 Å². The lowest BCUT2D eigenvalue weighted by molar-refractivity contribution is -0.119. The van der Waals surface area contributed by atoms with Crippen molar-refractivity contribution in [3.05, 3.63) is 66.2 Å². The fraction of sp³-hybridized carbons (Fsp3) is 0.286. The van der Waals surface area contributed by atoms with E-state index in [1.165, 1.54) is 11.8 Å². The second kappa shape index (κ2) is 9.37. The van der Waals surface area contributed by atoms with Crippen LogP contribution in [0.2, 0.25) is 0 Å². The van der Waals surface area contributed by atoms with E-state index in [1.54, 1.807) is 0 Å². The molecule has 0 aliphatic carbocycles. The molecule has 0 aliphatic heterocycles. The van der Waals surface area contributed by atoms with Gasteiger partial charge in [0, 0.05) is 5.56 Å². The fourth-order valence-corrected chi connectivity index (χ4v) is 3.34. The maximum Gasteiger partial charge on any atom is 0.277 e. The zero-order chi connectivity index (χ0) is 19.1. The number of nitrogens with zero attached hydrogens (tertiary/aromatic N) is 2. The first-order valence-electron chi connectivity index (χ1n) is 8.98. The van der Waals surface area contributed by atoms with E-state index in [9.17, 15) is 4.79 Å². The molecule has 5 nitrogen and oxygen atoms in total. The second-order valence-electron chi connectivity index (χ2n) is 6.69. The SMILES string of the molecule is CC(C)C[C@H](NC(=O)CSc1nnc(-c2ccccc2)o1)c1ccccc1. The molecule has 27 heavy (non-hydrogen) atoms. The summed E-state index contributed by atoms with van der Waals surface area (Å²) < 4.78 is 5.64. The Morgan fingerprint density at radius 1 is 1.04 bits per heavy atom. The molecule has 3 aromatic rings. The first-order chi connectivity index (χ1) is 13.1. The number of aromatic nitrogens is 2. The minimum Gasteiger partial charge on any atom is -0.411 e. The lowest BCUT2D eigenvalue weighted by Crippen LogP contribution is -2.30. The highest BCUT2D eigenvalue weighted by Crippen LogP contribution is 2.24. The third kappa shape index (κ3) is 5.69. The van der Waals surface area contributed by atoms with Crippen molar-refractivity contribution in [2.45, 2.75) is 31.5 Å². The van der Waals surface area contributed by atoms with E-state index in [-0.39, 0.29) is 17.7 Å². The number of hydrogen-bond donors (Lipinski definition) is 1. The van der Waals surface area contributed by atoms with Crippen LogP contribution < -0.4 is 5.32 Å². The number of nitrogens with one attached hydrogen (secondary N) is 1. The van der Waals surface area contributed by atoms with Crippen LogP contribution in [-0.4, -0.2) is 21.9 Å². The quantitative estimate of drug-likeness (QED) is 0.571. The Kier molecular flexibility index (Phi) is 6.65. The van der Waals surface area contributed by atoms with E-state index >= 15 is 0 Å². The highest BCUT2D eigenvalue weighted by molar-refractivity contribution is 7.99. The van der Waals surface area contributed by atoms with E-state index in [2.05, 4.69) is 29.4 Å². The lowest BCUT2D eigenvalue weighted by atomic mass is 9.97. The Bertz CT molecular complexity index is 850. The molecule has 140 valence electrons. The molecule has 1 amide bonds. The van der Waals surface area contributed by atoms with E-state index in [1.807, 2.05) is 60.7 Å². The predicted molar refractivity (Wildman–Crippen MR) is 107 cm³/mol. The maximum atomic E-state index is 12.4. The van der Waals surface area contributed by atoms with E-state index in [4.69, 9.17) is 4.42 Å². The molecule has 0 bridgehead atoms. The van der Waals surface area contributed by atoms with Gasteiger partial charge in [0.15, 0.2) is 0 Å². The molecule has 0 radical (unpaired) electrons. The summed E-state index contributed by atoms with van der Waals surface area (Å²) in [6, 6.07) is 19.6. The Labute approximate surface area is 163 Å². The highest BCUT2D eigenvalue weighted by atomic mass is 32.2. The molecule has 0 aliphatic rings. The van der Waals surface area contributed by atoms with Gasteiger partial charge in [-0.3, -0.25) is 4.79 Å². The molecule has 6 heteroatoms. The summed E-state index contributed by atoms with van der Waals surface area (Å²) >= 11 is 1.25. The third-order valence-electron chi connectivity index (χ3n) is 4.00. The van der Waals surface area contributed by atoms with Gasteiger partial charge in [0.2, 0.25) is 11.8 Å². The molecule has 0 spiro atoms. The first-order valence-corrected chi connectivity index (χ1v) is 9.96. The average Bonchev–Trinajstić information content (AvgIpc) is 3.16. The van der Waals surface area contributed by atoms with Crippen molar-refractivity contribution >= 4 is 17.7 Å². The second-order valence-corrected chi connectivity index (χ2v) is 7.61. The average molecular weight is 382 g/mol. The number of benzene rings is 2. The maximum absolute atomic E-state index is 12.4. The van der Waals surface area contributed by atoms with Gasteiger partial charge in [-0.2, -0.15) is 0 Å². The molecule has 0 fully saturated rings. The van der Waals surface area contributed by atoms with Crippen LogP contribution in [0.1, 0.15) is 31.9 Å². The smallest absolute Gasteiger partial charge is 0.277 e. The van der Waals surface area contributed by atoms with Crippen molar-refractivity contribution in [2.24, 2.45) is 5.92 Å². The molecule has 1 heterocycles. The molecule has 1 aromatic heterocycles. The van der Waals surface area contributed by atoms with Gasteiger partial charge in [-0.25, -0.2) is 0 Å². The molecule has 0 unspecified atom stereocenters. The number of carbonyl (C=O) groups is 1. The summed E-state index contributed by atoms with van der Waals surface area (Å²) in [6.45, 7) is 4.31. The van der Waals surface area contributed by atoms with Crippen LogP contribution in [0.3, 0.4) is 0 Å². The van der Waals surface area contributed by atoms with Crippen molar-refractivity contribution < 1.29 is 9.21 Å². The minimum absolute atomic E-state index is 0.00173. The number of amides is 1. The van der Waals surface area contributed by atoms with Gasteiger partial charge in [0.05, 0.1) is 11.8 Å².